The van der Waals surface area contributed by atoms with E-state index >= 15 is 0 Å². The molecule has 6 nitrogen and oxygen atoms in total. The molecule has 31 heavy (non-hydrogen) atoms. The van der Waals surface area contributed by atoms with Crippen molar-refractivity contribution in [2.45, 2.75) is 18.9 Å². The van der Waals surface area contributed by atoms with Crippen LogP contribution in [-0.2, 0) is 0 Å². The van der Waals surface area contributed by atoms with Crippen LogP contribution in [-0.4, -0.2) is 63.0 Å². The van der Waals surface area contributed by atoms with Gasteiger partial charge >= 0.3 is 0 Å². The van der Waals surface area contributed by atoms with Crippen LogP contribution in [0.3, 0.4) is 0 Å². The molecule has 1 saturated heterocycles. The normalized spacial score (nSPS) is 14.5. The van der Waals surface area contributed by atoms with E-state index in [-0.39, 0.29) is 17.5 Å². The molecule has 1 aliphatic rings. The first-order chi connectivity index (χ1) is 14.8. The van der Waals surface area contributed by atoms with Crippen LogP contribution in [0.1, 0.15) is 33.6 Å². The standard InChI is InChI=1S/C23H28F2N4O2/c1-28(2)12-9-26-23(31)20-5-3-4-6-21(20)29-10-7-19(8-11-29)27-22(30)16-13-17(24)15-18(25)14-16/h3-6,13-15,19H,7-12H2,1-2H3,(H,26,31)(H,27,30). The third-order valence-corrected chi connectivity index (χ3v) is 5.29. The lowest BCUT2D eigenvalue weighted by Crippen LogP contribution is -2.45. The molecule has 2 N–H and O–H groups in total. The monoisotopic (exact) mass is 430 g/mol. The van der Waals surface area contributed by atoms with E-state index in [1.54, 1.807) is 0 Å². The fraction of sp³-hybridized carbons (Fsp3) is 0.391. The average Bonchev–Trinajstić information content (AvgIpc) is 2.73. The maximum Gasteiger partial charge on any atom is 0.253 e. The molecule has 2 aromatic rings. The predicted molar refractivity (Wildman–Crippen MR) is 116 cm³/mol. The summed E-state index contributed by atoms with van der Waals surface area (Å²) >= 11 is 0. The summed E-state index contributed by atoms with van der Waals surface area (Å²) in [5.41, 5.74) is 1.46. The predicted octanol–water partition coefficient (Wildman–Crippen LogP) is 2.66. The highest BCUT2D eigenvalue weighted by Crippen LogP contribution is 2.24. The summed E-state index contributed by atoms with van der Waals surface area (Å²) in [6, 6.07) is 10.2. The number of hydrogen-bond acceptors (Lipinski definition) is 4. The lowest BCUT2D eigenvalue weighted by atomic mass is 10.0. The molecule has 1 aliphatic heterocycles. The first-order valence-corrected chi connectivity index (χ1v) is 10.4. The third-order valence-electron chi connectivity index (χ3n) is 5.29. The van der Waals surface area contributed by atoms with Gasteiger partial charge in [-0.05, 0) is 51.2 Å². The molecule has 0 radical (unpaired) electrons. The van der Waals surface area contributed by atoms with Gasteiger partial charge in [0.2, 0.25) is 0 Å². The Hall–Kier alpha value is -3.00. The van der Waals surface area contributed by atoms with E-state index < -0.39 is 17.5 Å². The van der Waals surface area contributed by atoms with Gasteiger partial charge in [-0.3, -0.25) is 9.59 Å². The SMILES string of the molecule is CN(C)CCNC(=O)c1ccccc1N1CCC(NC(=O)c2cc(F)cc(F)c2)CC1. The van der Waals surface area contributed by atoms with Crippen LogP contribution < -0.4 is 15.5 Å². The Bertz CT molecular complexity index is 907. The topological polar surface area (TPSA) is 64.7 Å². The van der Waals surface area contributed by atoms with E-state index in [1.807, 2.05) is 43.3 Å². The first-order valence-electron chi connectivity index (χ1n) is 10.4. The number of anilines is 1. The van der Waals surface area contributed by atoms with Gasteiger partial charge in [-0.2, -0.15) is 0 Å². The highest BCUT2D eigenvalue weighted by atomic mass is 19.1. The van der Waals surface area contributed by atoms with Crippen molar-refractivity contribution in [2.24, 2.45) is 0 Å². The van der Waals surface area contributed by atoms with Crippen molar-refractivity contribution in [1.82, 2.24) is 15.5 Å². The molecule has 0 atom stereocenters. The van der Waals surface area contributed by atoms with Crippen LogP contribution >= 0.6 is 0 Å². The van der Waals surface area contributed by atoms with Crippen molar-refractivity contribution in [3.8, 4) is 0 Å². The van der Waals surface area contributed by atoms with E-state index in [9.17, 15) is 18.4 Å². The second kappa shape index (κ2) is 10.3. The Morgan fingerprint density at radius 2 is 1.68 bits per heavy atom. The number of benzene rings is 2. The van der Waals surface area contributed by atoms with Crippen LogP contribution in [0.4, 0.5) is 14.5 Å². The molecular formula is C23H28F2N4O2. The van der Waals surface area contributed by atoms with Gasteiger partial charge in [-0.25, -0.2) is 8.78 Å². The number of nitrogens with one attached hydrogen (secondary N) is 2. The van der Waals surface area contributed by atoms with Gasteiger partial charge in [0.1, 0.15) is 11.6 Å². The highest BCUT2D eigenvalue weighted by Gasteiger charge is 2.24. The molecular weight excluding hydrogens is 402 g/mol. The minimum absolute atomic E-state index is 0.0281. The van der Waals surface area contributed by atoms with Crippen molar-refractivity contribution < 1.29 is 18.4 Å². The van der Waals surface area contributed by atoms with Crippen molar-refractivity contribution >= 4 is 17.5 Å². The zero-order valence-corrected chi connectivity index (χ0v) is 17.8. The summed E-state index contributed by atoms with van der Waals surface area (Å²) in [4.78, 5) is 29.1. The Labute approximate surface area is 181 Å². The summed E-state index contributed by atoms with van der Waals surface area (Å²) in [7, 11) is 3.90. The Morgan fingerprint density at radius 3 is 2.32 bits per heavy atom. The molecule has 166 valence electrons. The van der Waals surface area contributed by atoms with Crippen LogP contribution in [0.2, 0.25) is 0 Å². The summed E-state index contributed by atoms with van der Waals surface area (Å²) in [5, 5.41) is 5.80. The number of likely N-dealkylation sites (N-methyl/N-ethyl adjacent to an activating group) is 1. The first kappa shape index (κ1) is 22.7. The molecule has 0 bridgehead atoms. The summed E-state index contributed by atoms with van der Waals surface area (Å²) < 4.78 is 26.7. The van der Waals surface area contributed by atoms with E-state index in [1.165, 1.54) is 0 Å². The molecule has 0 aliphatic carbocycles. The second-order valence-electron chi connectivity index (χ2n) is 7.97. The maximum atomic E-state index is 13.4. The Morgan fingerprint density at radius 1 is 1.03 bits per heavy atom. The van der Waals surface area contributed by atoms with Gasteiger partial charge in [0, 0.05) is 49.5 Å². The number of halogens is 2. The Kier molecular flexibility index (Phi) is 7.57. The van der Waals surface area contributed by atoms with Gasteiger partial charge in [0.05, 0.1) is 5.56 Å². The second-order valence-corrected chi connectivity index (χ2v) is 7.97. The number of rotatable bonds is 7. The molecule has 8 heteroatoms. The quantitative estimate of drug-likeness (QED) is 0.709. The zero-order valence-electron chi connectivity index (χ0n) is 17.8. The summed E-state index contributed by atoms with van der Waals surface area (Å²) in [6.45, 7) is 2.64. The smallest absolute Gasteiger partial charge is 0.253 e. The number of para-hydroxylation sites is 1. The fourth-order valence-electron chi connectivity index (χ4n) is 3.65. The van der Waals surface area contributed by atoms with Gasteiger partial charge in [-0.15, -0.1) is 0 Å². The van der Waals surface area contributed by atoms with Crippen molar-refractivity contribution in [3.63, 3.8) is 0 Å². The van der Waals surface area contributed by atoms with Crippen LogP contribution in [0, 0.1) is 11.6 Å². The van der Waals surface area contributed by atoms with Gasteiger partial charge in [0.25, 0.3) is 11.8 Å². The molecule has 2 amide bonds. The van der Waals surface area contributed by atoms with Crippen LogP contribution in [0.25, 0.3) is 0 Å². The third kappa shape index (κ3) is 6.24. The number of piperidine rings is 1. The molecule has 1 fully saturated rings. The minimum Gasteiger partial charge on any atom is -0.371 e. The highest BCUT2D eigenvalue weighted by molar-refractivity contribution is 5.99. The lowest BCUT2D eigenvalue weighted by Gasteiger charge is -2.35. The van der Waals surface area contributed by atoms with E-state index in [0.29, 0.717) is 38.0 Å². The fourth-order valence-corrected chi connectivity index (χ4v) is 3.65. The molecule has 0 aromatic heterocycles. The van der Waals surface area contributed by atoms with Crippen molar-refractivity contribution in [3.05, 3.63) is 65.2 Å². The summed E-state index contributed by atoms with van der Waals surface area (Å²) in [6.07, 6.45) is 1.33. The number of hydrogen-bond donors (Lipinski definition) is 2. The van der Waals surface area contributed by atoms with Gasteiger partial charge < -0.3 is 20.4 Å². The molecule has 0 saturated carbocycles. The van der Waals surface area contributed by atoms with Gasteiger partial charge in [-0.1, -0.05) is 12.1 Å². The average molecular weight is 430 g/mol. The van der Waals surface area contributed by atoms with Crippen LogP contribution in [0.15, 0.2) is 42.5 Å². The summed E-state index contributed by atoms with van der Waals surface area (Å²) in [5.74, 6) is -2.15. The van der Waals surface area contributed by atoms with E-state index in [4.69, 9.17) is 0 Å². The van der Waals surface area contributed by atoms with Crippen LogP contribution in [0.5, 0.6) is 0 Å². The van der Waals surface area contributed by atoms with E-state index in [2.05, 4.69) is 15.5 Å². The molecule has 3 rings (SSSR count). The number of amides is 2. The Balaban J connectivity index is 1.58. The molecule has 0 spiro atoms. The van der Waals surface area contributed by atoms with Gasteiger partial charge in [0.15, 0.2) is 0 Å². The zero-order chi connectivity index (χ0) is 22.4. The molecule has 1 heterocycles. The maximum absolute atomic E-state index is 13.4. The van der Waals surface area contributed by atoms with E-state index in [0.717, 1.165) is 30.4 Å². The van der Waals surface area contributed by atoms with Crippen molar-refractivity contribution in [1.29, 1.82) is 0 Å². The number of carbonyl (C=O) groups excluding carboxylic acids is 2. The molecule has 0 unspecified atom stereocenters. The molecule has 2 aromatic carbocycles. The number of carbonyl (C=O) groups is 2. The lowest BCUT2D eigenvalue weighted by molar-refractivity contribution is 0.0928. The van der Waals surface area contributed by atoms with Crippen molar-refractivity contribution in [2.75, 3.05) is 45.2 Å². The number of nitrogens with zero attached hydrogens (tertiary/aromatic N) is 2. The minimum atomic E-state index is -0.777. The largest absolute Gasteiger partial charge is 0.371 e.